The molecule has 0 bridgehead atoms. The zero-order chi connectivity index (χ0) is 11.4. The van der Waals surface area contributed by atoms with Gasteiger partial charge < -0.3 is 10.5 Å². The molecular weight excluding hydrogens is 237 g/mol. The largest absolute Gasteiger partial charge is 0.462 e. The SMILES string of the molecule is CCCOC(=O)c1cc(Cl)cc(Cl)c1N. The quantitative estimate of drug-likeness (QED) is 0.660. The van der Waals surface area contributed by atoms with Crippen molar-refractivity contribution in [1.29, 1.82) is 0 Å². The third kappa shape index (κ3) is 3.01. The molecule has 1 aromatic rings. The van der Waals surface area contributed by atoms with E-state index in [2.05, 4.69) is 0 Å². The molecule has 0 amide bonds. The molecule has 0 saturated carbocycles. The van der Waals surface area contributed by atoms with Crippen LogP contribution in [0.5, 0.6) is 0 Å². The number of ether oxygens (including phenoxy) is 1. The molecule has 0 aliphatic carbocycles. The maximum Gasteiger partial charge on any atom is 0.340 e. The second kappa shape index (κ2) is 5.24. The lowest BCUT2D eigenvalue weighted by Gasteiger charge is -2.07. The summed E-state index contributed by atoms with van der Waals surface area (Å²) >= 11 is 11.5. The van der Waals surface area contributed by atoms with E-state index in [1.165, 1.54) is 12.1 Å². The highest BCUT2D eigenvalue weighted by Crippen LogP contribution is 2.27. The highest BCUT2D eigenvalue weighted by Gasteiger charge is 2.14. The van der Waals surface area contributed by atoms with Crippen LogP contribution in [0.15, 0.2) is 12.1 Å². The van der Waals surface area contributed by atoms with Crippen molar-refractivity contribution in [1.82, 2.24) is 0 Å². The van der Waals surface area contributed by atoms with Crippen molar-refractivity contribution in [2.24, 2.45) is 0 Å². The number of nitrogens with two attached hydrogens (primary N) is 1. The van der Waals surface area contributed by atoms with Gasteiger partial charge in [0.1, 0.15) is 0 Å². The predicted octanol–water partition coefficient (Wildman–Crippen LogP) is 3.14. The van der Waals surface area contributed by atoms with Gasteiger partial charge in [0.2, 0.25) is 0 Å². The predicted molar refractivity (Wildman–Crippen MR) is 61.4 cm³/mol. The van der Waals surface area contributed by atoms with E-state index in [9.17, 15) is 4.79 Å². The van der Waals surface area contributed by atoms with Crippen LogP contribution < -0.4 is 5.73 Å². The highest BCUT2D eigenvalue weighted by molar-refractivity contribution is 6.37. The Hall–Kier alpha value is -0.930. The van der Waals surface area contributed by atoms with Gasteiger partial charge in [0.05, 0.1) is 22.9 Å². The number of carbonyl (C=O) groups excluding carboxylic acids is 1. The van der Waals surface area contributed by atoms with Crippen LogP contribution in [-0.2, 0) is 4.74 Å². The Bertz CT molecular complexity index is 380. The molecule has 0 atom stereocenters. The van der Waals surface area contributed by atoms with Crippen molar-refractivity contribution >= 4 is 34.9 Å². The number of hydrogen-bond acceptors (Lipinski definition) is 3. The summed E-state index contributed by atoms with van der Waals surface area (Å²) in [5, 5.41) is 0.614. The van der Waals surface area contributed by atoms with Crippen LogP contribution in [0.25, 0.3) is 0 Å². The first-order chi connectivity index (χ1) is 7.06. The Morgan fingerprint density at radius 2 is 2.13 bits per heavy atom. The van der Waals surface area contributed by atoms with Crippen LogP contribution in [0.1, 0.15) is 23.7 Å². The number of nitrogen functional groups attached to an aromatic ring is 1. The third-order valence-electron chi connectivity index (χ3n) is 1.75. The number of carbonyl (C=O) groups is 1. The lowest BCUT2D eigenvalue weighted by molar-refractivity contribution is 0.0506. The molecule has 0 heterocycles. The van der Waals surface area contributed by atoms with Crippen molar-refractivity contribution in [3.63, 3.8) is 0 Å². The van der Waals surface area contributed by atoms with Crippen LogP contribution >= 0.6 is 23.2 Å². The molecular formula is C10H11Cl2NO2. The maximum absolute atomic E-state index is 11.5. The topological polar surface area (TPSA) is 52.3 Å². The van der Waals surface area contributed by atoms with E-state index >= 15 is 0 Å². The van der Waals surface area contributed by atoms with E-state index in [0.717, 1.165) is 6.42 Å². The van der Waals surface area contributed by atoms with Crippen LogP contribution in [-0.4, -0.2) is 12.6 Å². The van der Waals surface area contributed by atoms with Gasteiger partial charge in [-0.1, -0.05) is 30.1 Å². The lowest BCUT2D eigenvalue weighted by Crippen LogP contribution is -2.09. The summed E-state index contributed by atoms with van der Waals surface area (Å²) in [7, 11) is 0. The lowest BCUT2D eigenvalue weighted by atomic mass is 10.2. The van der Waals surface area contributed by atoms with Crippen LogP contribution in [0.3, 0.4) is 0 Å². The molecule has 82 valence electrons. The summed E-state index contributed by atoms with van der Waals surface area (Å²) in [4.78, 5) is 11.5. The van der Waals surface area contributed by atoms with E-state index in [1.807, 2.05) is 6.92 Å². The summed E-state index contributed by atoms with van der Waals surface area (Å²) in [6.45, 7) is 2.25. The second-order valence-corrected chi connectivity index (χ2v) is 3.83. The van der Waals surface area contributed by atoms with Crippen molar-refractivity contribution in [2.75, 3.05) is 12.3 Å². The molecule has 0 fully saturated rings. The Labute approximate surface area is 98.1 Å². The zero-order valence-corrected chi connectivity index (χ0v) is 9.73. The van der Waals surface area contributed by atoms with Gasteiger partial charge in [0.15, 0.2) is 0 Å². The minimum atomic E-state index is -0.501. The van der Waals surface area contributed by atoms with Crippen molar-refractivity contribution in [2.45, 2.75) is 13.3 Å². The molecule has 1 aromatic carbocycles. The van der Waals surface area contributed by atoms with Gasteiger partial charge >= 0.3 is 5.97 Å². The maximum atomic E-state index is 11.5. The number of benzene rings is 1. The Kier molecular flexibility index (Phi) is 4.24. The second-order valence-electron chi connectivity index (χ2n) is 2.98. The summed E-state index contributed by atoms with van der Waals surface area (Å²) in [6.07, 6.45) is 0.750. The van der Waals surface area contributed by atoms with E-state index in [-0.39, 0.29) is 16.3 Å². The first kappa shape index (κ1) is 12.1. The van der Waals surface area contributed by atoms with Gasteiger partial charge in [0, 0.05) is 5.02 Å². The molecule has 0 saturated heterocycles. The number of hydrogen-bond donors (Lipinski definition) is 1. The molecule has 3 nitrogen and oxygen atoms in total. The van der Waals surface area contributed by atoms with E-state index in [0.29, 0.717) is 11.6 Å². The Balaban J connectivity index is 2.98. The first-order valence-electron chi connectivity index (χ1n) is 4.48. The summed E-state index contributed by atoms with van der Waals surface area (Å²) < 4.78 is 4.93. The van der Waals surface area contributed by atoms with Gasteiger partial charge in [-0.2, -0.15) is 0 Å². The number of halogens is 2. The zero-order valence-electron chi connectivity index (χ0n) is 8.22. The molecule has 0 unspecified atom stereocenters. The average molecular weight is 248 g/mol. The van der Waals surface area contributed by atoms with E-state index < -0.39 is 5.97 Å². The highest BCUT2D eigenvalue weighted by atomic mass is 35.5. The van der Waals surface area contributed by atoms with Gasteiger partial charge in [-0.25, -0.2) is 4.79 Å². The molecule has 0 aliphatic heterocycles. The smallest absolute Gasteiger partial charge is 0.340 e. The minimum absolute atomic E-state index is 0.196. The third-order valence-corrected chi connectivity index (χ3v) is 2.28. The molecule has 0 aromatic heterocycles. The van der Waals surface area contributed by atoms with E-state index in [4.69, 9.17) is 33.7 Å². The number of anilines is 1. The fourth-order valence-corrected chi connectivity index (χ4v) is 1.52. The summed E-state index contributed by atoms with van der Waals surface area (Å²) in [5.74, 6) is -0.501. The minimum Gasteiger partial charge on any atom is -0.462 e. The average Bonchev–Trinajstić information content (AvgIpc) is 2.19. The van der Waals surface area contributed by atoms with Crippen molar-refractivity contribution < 1.29 is 9.53 Å². The first-order valence-corrected chi connectivity index (χ1v) is 5.23. The number of esters is 1. The molecule has 5 heteroatoms. The summed E-state index contributed by atoms with van der Waals surface area (Å²) in [6, 6.07) is 2.93. The standard InChI is InChI=1S/C10H11Cl2NO2/c1-2-3-15-10(14)7-4-6(11)5-8(12)9(7)13/h4-5H,2-3,13H2,1H3. The summed E-state index contributed by atoms with van der Waals surface area (Å²) in [5.41, 5.74) is 6.04. The fourth-order valence-electron chi connectivity index (χ4n) is 1.03. The molecule has 0 spiro atoms. The van der Waals surface area contributed by atoms with Crippen molar-refractivity contribution in [3.8, 4) is 0 Å². The normalized spacial score (nSPS) is 10.1. The molecule has 0 radical (unpaired) electrons. The monoisotopic (exact) mass is 247 g/mol. The van der Waals surface area contributed by atoms with Gasteiger partial charge in [-0.05, 0) is 18.6 Å². The van der Waals surface area contributed by atoms with Crippen molar-refractivity contribution in [3.05, 3.63) is 27.7 Å². The Morgan fingerprint density at radius 1 is 1.47 bits per heavy atom. The molecule has 2 N–H and O–H groups in total. The van der Waals surface area contributed by atoms with Crippen LogP contribution in [0.4, 0.5) is 5.69 Å². The molecule has 15 heavy (non-hydrogen) atoms. The van der Waals surface area contributed by atoms with Gasteiger partial charge in [-0.15, -0.1) is 0 Å². The van der Waals surface area contributed by atoms with Crippen LogP contribution in [0.2, 0.25) is 10.0 Å². The molecule has 0 aliphatic rings. The molecule has 1 rings (SSSR count). The van der Waals surface area contributed by atoms with E-state index in [1.54, 1.807) is 0 Å². The van der Waals surface area contributed by atoms with Crippen LogP contribution in [0, 0.1) is 0 Å². The van der Waals surface area contributed by atoms with Gasteiger partial charge in [-0.3, -0.25) is 0 Å². The Morgan fingerprint density at radius 3 is 2.73 bits per heavy atom. The fraction of sp³-hybridized carbons (Fsp3) is 0.300. The number of rotatable bonds is 3. The van der Waals surface area contributed by atoms with Gasteiger partial charge in [0.25, 0.3) is 0 Å².